The first kappa shape index (κ1) is 18.1. The SMILES string of the molecule is Cc1c(O)cccc1C(C)C.Cc1cc(O)ccc1C(C)C. The van der Waals surface area contributed by atoms with Gasteiger partial charge in [0.05, 0.1) is 0 Å². The molecule has 0 bridgehead atoms. The summed E-state index contributed by atoms with van der Waals surface area (Å²) in [5.41, 5.74) is 4.70. The Labute approximate surface area is 134 Å². The Kier molecular flexibility index (Phi) is 6.48. The largest absolute Gasteiger partial charge is 0.508 e. The number of phenolic OH excluding ortho intramolecular Hbond substituents is 2. The van der Waals surface area contributed by atoms with Crippen LogP contribution in [0.1, 0.15) is 61.8 Å². The van der Waals surface area contributed by atoms with E-state index in [4.69, 9.17) is 5.11 Å². The number of aryl methyl sites for hydroxylation is 1. The van der Waals surface area contributed by atoms with Crippen molar-refractivity contribution in [2.75, 3.05) is 0 Å². The molecule has 0 aliphatic heterocycles. The lowest BCUT2D eigenvalue weighted by atomic mass is 9.98. The normalized spacial score (nSPS) is 10.5. The molecule has 2 nitrogen and oxygen atoms in total. The molecule has 2 heteroatoms. The summed E-state index contributed by atoms with van der Waals surface area (Å²) in [7, 11) is 0. The van der Waals surface area contributed by atoms with Crippen LogP contribution in [0.15, 0.2) is 36.4 Å². The summed E-state index contributed by atoms with van der Waals surface area (Å²) in [6.07, 6.45) is 0. The molecule has 0 unspecified atom stereocenters. The Morgan fingerprint density at radius 3 is 1.82 bits per heavy atom. The first-order valence-corrected chi connectivity index (χ1v) is 7.82. The van der Waals surface area contributed by atoms with Crippen LogP contribution in [-0.4, -0.2) is 10.2 Å². The molecule has 0 aliphatic carbocycles. The minimum absolute atomic E-state index is 0.354. The number of aromatic hydroxyl groups is 2. The molecule has 0 amide bonds. The molecule has 0 aliphatic rings. The third-order valence-electron chi connectivity index (χ3n) is 3.84. The molecule has 0 saturated carbocycles. The Hall–Kier alpha value is -1.96. The van der Waals surface area contributed by atoms with E-state index >= 15 is 0 Å². The molecule has 0 saturated heterocycles. The molecule has 2 aromatic rings. The summed E-state index contributed by atoms with van der Waals surface area (Å²) in [5.74, 6) is 1.78. The number of hydrogen-bond donors (Lipinski definition) is 2. The molecule has 22 heavy (non-hydrogen) atoms. The molecular weight excluding hydrogens is 272 g/mol. The minimum atomic E-state index is 0.354. The molecule has 0 heterocycles. The van der Waals surface area contributed by atoms with E-state index in [1.807, 2.05) is 26.0 Å². The van der Waals surface area contributed by atoms with Crippen molar-refractivity contribution >= 4 is 0 Å². The third-order valence-corrected chi connectivity index (χ3v) is 3.84. The average molecular weight is 300 g/mol. The van der Waals surface area contributed by atoms with Gasteiger partial charge in [0.25, 0.3) is 0 Å². The molecule has 0 fully saturated rings. The average Bonchev–Trinajstić information content (AvgIpc) is 2.41. The fourth-order valence-corrected chi connectivity index (χ4v) is 2.57. The molecule has 2 N–H and O–H groups in total. The van der Waals surface area contributed by atoms with Gasteiger partial charge in [-0.05, 0) is 66.1 Å². The van der Waals surface area contributed by atoms with E-state index in [1.165, 1.54) is 16.7 Å². The van der Waals surface area contributed by atoms with Gasteiger partial charge < -0.3 is 10.2 Å². The Morgan fingerprint density at radius 1 is 0.773 bits per heavy atom. The van der Waals surface area contributed by atoms with Gasteiger partial charge in [0.2, 0.25) is 0 Å². The second-order valence-corrected chi connectivity index (χ2v) is 6.34. The van der Waals surface area contributed by atoms with Gasteiger partial charge in [-0.2, -0.15) is 0 Å². The third kappa shape index (κ3) is 4.80. The first-order chi connectivity index (χ1) is 10.2. The summed E-state index contributed by atoms with van der Waals surface area (Å²) in [6.45, 7) is 12.5. The minimum Gasteiger partial charge on any atom is -0.508 e. The highest BCUT2D eigenvalue weighted by Gasteiger charge is 2.05. The van der Waals surface area contributed by atoms with Crippen molar-refractivity contribution in [2.24, 2.45) is 0 Å². The van der Waals surface area contributed by atoms with Crippen molar-refractivity contribution in [3.63, 3.8) is 0 Å². The van der Waals surface area contributed by atoms with Gasteiger partial charge in [-0.25, -0.2) is 0 Å². The highest BCUT2D eigenvalue weighted by Crippen LogP contribution is 2.25. The summed E-state index contributed by atoms with van der Waals surface area (Å²) in [5, 5.41) is 18.5. The van der Waals surface area contributed by atoms with Crippen molar-refractivity contribution in [3.8, 4) is 11.5 Å². The molecule has 0 atom stereocenters. The van der Waals surface area contributed by atoms with Crippen LogP contribution in [0.4, 0.5) is 0 Å². The highest BCUT2D eigenvalue weighted by atomic mass is 16.3. The van der Waals surface area contributed by atoms with Crippen LogP contribution in [0, 0.1) is 13.8 Å². The van der Waals surface area contributed by atoms with Crippen molar-refractivity contribution in [2.45, 2.75) is 53.4 Å². The maximum Gasteiger partial charge on any atom is 0.118 e. The Bertz CT molecular complexity index is 613. The fourth-order valence-electron chi connectivity index (χ4n) is 2.57. The molecule has 2 aromatic carbocycles. The lowest BCUT2D eigenvalue weighted by molar-refractivity contribution is 0.469. The summed E-state index contributed by atoms with van der Waals surface area (Å²) in [6, 6.07) is 11.2. The molecule has 2 rings (SSSR count). The predicted octanol–water partition coefficient (Wildman–Crippen LogP) is 5.65. The van der Waals surface area contributed by atoms with Crippen LogP contribution in [0.25, 0.3) is 0 Å². The lowest BCUT2D eigenvalue weighted by Gasteiger charge is -2.09. The molecule has 120 valence electrons. The smallest absolute Gasteiger partial charge is 0.118 e. The number of benzene rings is 2. The van der Waals surface area contributed by atoms with E-state index in [0.717, 1.165) is 5.56 Å². The summed E-state index contributed by atoms with van der Waals surface area (Å²) in [4.78, 5) is 0. The number of hydrogen-bond acceptors (Lipinski definition) is 2. The maximum atomic E-state index is 9.35. The monoisotopic (exact) mass is 300 g/mol. The van der Waals surface area contributed by atoms with E-state index < -0.39 is 0 Å². The van der Waals surface area contributed by atoms with E-state index in [-0.39, 0.29) is 0 Å². The Morgan fingerprint density at radius 2 is 1.36 bits per heavy atom. The summed E-state index contributed by atoms with van der Waals surface area (Å²) >= 11 is 0. The van der Waals surface area contributed by atoms with Gasteiger partial charge in [0.1, 0.15) is 11.5 Å². The standard InChI is InChI=1S/2C10H14O/c1-7(2)10-5-4-9(11)6-8(10)3;1-7(2)9-5-4-6-10(11)8(9)3/h2*4-7,11H,1-3H3. The van der Waals surface area contributed by atoms with Gasteiger partial charge in [-0.15, -0.1) is 0 Å². The molecule has 0 aromatic heterocycles. The van der Waals surface area contributed by atoms with Crippen molar-refractivity contribution in [1.29, 1.82) is 0 Å². The zero-order chi connectivity index (χ0) is 16.9. The molecular formula is C20H28O2. The quantitative estimate of drug-likeness (QED) is 0.752. The van der Waals surface area contributed by atoms with Gasteiger partial charge >= 0.3 is 0 Å². The zero-order valence-corrected chi connectivity index (χ0v) is 14.5. The van der Waals surface area contributed by atoms with Crippen molar-refractivity contribution < 1.29 is 10.2 Å². The van der Waals surface area contributed by atoms with Crippen LogP contribution >= 0.6 is 0 Å². The molecule has 0 spiro atoms. The lowest BCUT2D eigenvalue weighted by Crippen LogP contribution is -1.90. The maximum absolute atomic E-state index is 9.35. The van der Waals surface area contributed by atoms with Crippen LogP contribution in [0.3, 0.4) is 0 Å². The number of rotatable bonds is 2. The van der Waals surface area contributed by atoms with Crippen molar-refractivity contribution in [3.05, 3.63) is 58.7 Å². The van der Waals surface area contributed by atoms with Crippen molar-refractivity contribution in [1.82, 2.24) is 0 Å². The summed E-state index contributed by atoms with van der Waals surface area (Å²) < 4.78 is 0. The van der Waals surface area contributed by atoms with Crippen LogP contribution < -0.4 is 0 Å². The fraction of sp³-hybridized carbons (Fsp3) is 0.400. The van der Waals surface area contributed by atoms with Gasteiger partial charge in [0, 0.05) is 0 Å². The topological polar surface area (TPSA) is 40.5 Å². The van der Waals surface area contributed by atoms with Crippen LogP contribution in [-0.2, 0) is 0 Å². The van der Waals surface area contributed by atoms with Crippen LogP contribution in [0.2, 0.25) is 0 Å². The second-order valence-electron chi connectivity index (χ2n) is 6.34. The van der Waals surface area contributed by atoms with Gasteiger partial charge in [0.15, 0.2) is 0 Å². The van der Waals surface area contributed by atoms with E-state index in [9.17, 15) is 5.11 Å². The predicted molar refractivity (Wildman–Crippen MR) is 93.9 cm³/mol. The highest BCUT2D eigenvalue weighted by molar-refractivity contribution is 5.39. The number of phenols is 2. The zero-order valence-electron chi connectivity index (χ0n) is 14.5. The van der Waals surface area contributed by atoms with E-state index in [2.05, 4.69) is 33.8 Å². The second kappa shape index (κ2) is 7.88. The van der Waals surface area contributed by atoms with Gasteiger partial charge in [-0.3, -0.25) is 0 Å². The Balaban J connectivity index is 0.000000220. The first-order valence-electron chi connectivity index (χ1n) is 7.82. The van der Waals surface area contributed by atoms with E-state index in [0.29, 0.717) is 23.3 Å². The van der Waals surface area contributed by atoms with E-state index in [1.54, 1.807) is 18.2 Å². The van der Waals surface area contributed by atoms with Gasteiger partial charge in [-0.1, -0.05) is 45.9 Å². The van der Waals surface area contributed by atoms with Crippen LogP contribution in [0.5, 0.6) is 11.5 Å². The molecule has 0 radical (unpaired) electrons.